The van der Waals surface area contributed by atoms with Crippen molar-refractivity contribution in [2.24, 2.45) is 0 Å². The summed E-state index contributed by atoms with van der Waals surface area (Å²) in [5.41, 5.74) is 10.3. The third kappa shape index (κ3) is 4.06. The quantitative estimate of drug-likeness (QED) is 0.188. The van der Waals surface area contributed by atoms with Crippen LogP contribution in [-0.4, -0.2) is 19.7 Å². The molecule has 232 valence electrons. The Bertz CT molecular complexity index is 2450. The Labute approximate surface area is 279 Å². The van der Waals surface area contributed by atoms with Crippen LogP contribution in [0.3, 0.4) is 0 Å². The van der Waals surface area contributed by atoms with Gasteiger partial charge in [-0.05, 0) is 107 Å². The zero-order chi connectivity index (χ0) is 32.0. The fourth-order valence-electron chi connectivity index (χ4n) is 7.95. The lowest BCUT2D eigenvalue weighted by Crippen LogP contribution is -2.48. The van der Waals surface area contributed by atoms with E-state index in [1.807, 2.05) is 66.8 Å². The summed E-state index contributed by atoms with van der Waals surface area (Å²) in [6.07, 6.45) is 9.35. The van der Waals surface area contributed by atoms with Gasteiger partial charge in [0, 0.05) is 11.4 Å². The van der Waals surface area contributed by atoms with Crippen LogP contribution in [-0.2, 0) is 22.7 Å². The molecule has 0 aromatic heterocycles. The van der Waals surface area contributed by atoms with Crippen molar-refractivity contribution in [1.29, 1.82) is 0 Å². The molecule has 2 atom stereocenters. The molecule has 6 aromatic carbocycles. The Morgan fingerprint density at radius 2 is 1.19 bits per heavy atom. The fraction of sp³-hybridized carbons (Fsp3) is 0.0952. The summed E-state index contributed by atoms with van der Waals surface area (Å²) < 4.78 is 33.4. The van der Waals surface area contributed by atoms with Gasteiger partial charge in [0.25, 0.3) is 0 Å². The van der Waals surface area contributed by atoms with Gasteiger partial charge in [-0.2, -0.15) is 0 Å². The molecule has 6 heteroatoms. The predicted octanol–water partition coefficient (Wildman–Crippen LogP) is 9.70. The van der Waals surface area contributed by atoms with Gasteiger partial charge < -0.3 is 14.5 Å². The number of ether oxygens (including phenoxy) is 1. The first-order chi connectivity index (χ1) is 23.5. The Hall–Kier alpha value is -5.59. The van der Waals surface area contributed by atoms with Crippen LogP contribution in [0.1, 0.15) is 22.3 Å². The number of rotatable bonds is 2. The van der Waals surface area contributed by atoms with Crippen molar-refractivity contribution in [3.8, 4) is 11.5 Å². The van der Waals surface area contributed by atoms with Crippen LogP contribution in [0.4, 0.5) is 28.4 Å². The number of para-hydroxylation sites is 5. The molecule has 2 aliphatic heterocycles. The molecule has 0 fully saturated rings. The Morgan fingerprint density at radius 3 is 1.98 bits per heavy atom. The summed E-state index contributed by atoms with van der Waals surface area (Å²) in [6, 6.07) is 41.6. The minimum Gasteiger partial charge on any atom is -0.453 e. The highest BCUT2D eigenvalue weighted by molar-refractivity contribution is 7.92. The van der Waals surface area contributed by atoms with Gasteiger partial charge in [0.1, 0.15) is 5.25 Å². The SMILES string of the molecule is O=S1(=O)c2ccccc2N(c2ccc3cc4c(cc3c2)Cc2ccc(N3c5ccccc5Oc5ccccc53)cc2C4)C2C=CC=CC21. The average molecular weight is 643 g/mol. The van der Waals surface area contributed by atoms with Crippen molar-refractivity contribution < 1.29 is 13.2 Å². The molecule has 0 N–H and O–H groups in total. The molecular weight excluding hydrogens is 613 g/mol. The van der Waals surface area contributed by atoms with Gasteiger partial charge in [0.05, 0.1) is 28.0 Å². The second kappa shape index (κ2) is 10.2. The topological polar surface area (TPSA) is 49.9 Å². The van der Waals surface area contributed by atoms with E-state index >= 15 is 0 Å². The zero-order valence-corrected chi connectivity index (χ0v) is 26.8. The maximum absolute atomic E-state index is 13.6. The van der Waals surface area contributed by atoms with E-state index < -0.39 is 15.1 Å². The Balaban J connectivity index is 1.02. The first kappa shape index (κ1) is 27.5. The number of benzene rings is 6. The zero-order valence-electron chi connectivity index (χ0n) is 26.0. The van der Waals surface area contributed by atoms with E-state index in [9.17, 15) is 8.42 Å². The van der Waals surface area contributed by atoms with Crippen LogP contribution in [0, 0.1) is 0 Å². The molecule has 0 saturated heterocycles. The van der Waals surface area contributed by atoms with Gasteiger partial charge in [-0.1, -0.05) is 85.0 Å². The summed E-state index contributed by atoms with van der Waals surface area (Å²) >= 11 is 0. The highest BCUT2D eigenvalue weighted by atomic mass is 32.2. The van der Waals surface area contributed by atoms with E-state index in [-0.39, 0.29) is 6.04 Å². The number of hydrogen-bond acceptors (Lipinski definition) is 5. The maximum atomic E-state index is 13.6. The third-order valence-electron chi connectivity index (χ3n) is 10.2. The lowest BCUT2D eigenvalue weighted by molar-refractivity contribution is 0.477. The molecule has 2 unspecified atom stereocenters. The van der Waals surface area contributed by atoms with E-state index in [0.717, 1.165) is 58.2 Å². The summed E-state index contributed by atoms with van der Waals surface area (Å²) in [5, 5.41) is 1.71. The molecular formula is C42H30N2O3S. The standard InChI is InChI=1S/C42H30N2O3S/c45-48(46)41-15-7-3-11-37(41)44(38-12-4-8-16-42(38)48)34-20-18-28-22-29-23-31-25-33(19-17-27(31)21-30(29)24-32(28)26-34)43-35-9-1-5-13-39(35)47-40-14-6-2-10-36(40)43/h1-20,22,24-26,37,41H,21,23H2. The highest BCUT2D eigenvalue weighted by Gasteiger charge is 2.43. The lowest BCUT2D eigenvalue weighted by atomic mass is 9.84. The minimum absolute atomic E-state index is 0.309. The van der Waals surface area contributed by atoms with Crippen LogP contribution >= 0.6 is 0 Å². The number of sulfone groups is 1. The smallest absolute Gasteiger partial charge is 0.189 e. The normalized spacial score (nSPS) is 19.3. The summed E-state index contributed by atoms with van der Waals surface area (Å²) in [5.74, 6) is 1.71. The number of fused-ring (bicyclic) bond motifs is 7. The molecule has 0 spiro atoms. The van der Waals surface area contributed by atoms with Gasteiger partial charge in [0.15, 0.2) is 21.3 Å². The molecule has 0 bridgehead atoms. The van der Waals surface area contributed by atoms with Gasteiger partial charge >= 0.3 is 0 Å². The first-order valence-electron chi connectivity index (χ1n) is 16.3. The van der Waals surface area contributed by atoms with Crippen LogP contribution in [0.5, 0.6) is 11.5 Å². The average Bonchev–Trinajstić information content (AvgIpc) is 3.12. The minimum atomic E-state index is -3.50. The molecule has 10 rings (SSSR count). The lowest BCUT2D eigenvalue weighted by Gasteiger charge is -2.42. The van der Waals surface area contributed by atoms with Crippen LogP contribution in [0.25, 0.3) is 10.8 Å². The van der Waals surface area contributed by atoms with Crippen molar-refractivity contribution in [2.75, 3.05) is 9.80 Å². The number of nitrogens with zero attached hydrogens (tertiary/aromatic N) is 2. The van der Waals surface area contributed by atoms with Crippen molar-refractivity contribution in [2.45, 2.75) is 29.0 Å². The molecule has 0 radical (unpaired) electrons. The molecule has 2 heterocycles. The van der Waals surface area contributed by atoms with Crippen molar-refractivity contribution >= 4 is 49.0 Å². The van der Waals surface area contributed by atoms with Gasteiger partial charge in [-0.15, -0.1) is 0 Å². The molecule has 0 amide bonds. The monoisotopic (exact) mass is 642 g/mol. The molecule has 4 aliphatic rings. The molecule has 2 aliphatic carbocycles. The molecule has 0 saturated carbocycles. The van der Waals surface area contributed by atoms with Crippen molar-refractivity contribution in [3.05, 3.63) is 168 Å². The Kier molecular flexibility index (Phi) is 5.85. The predicted molar refractivity (Wildman–Crippen MR) is 192 cm³/mol. The van der Waals surface area contributed by atoms with E-state index in [4.69, 9.17) is 4.74 Å². The van der Waals surface area contributed by atoms with E-state index in [2.05, 4.69) is 82.6 Å². The second-order valence-corrected chi connectivity index (χ2v) is 15.0. The van der Waals surface area contributed by atoms with E-state index in [1.165, 1.54) is 27.6 Å². The van der Waals surface area contributed by atoms with Crippen LogP contribution < -0.4 is 14.5 Å². The van der Waals surface area contributed by atoms with Crippen LogP contribution in [0.15, 0.2) is 151 Å². The van der Waals surface area contributed by atoms with Crippen molar-refractivity contribution in [1.82, 2.24) is 0 Å². The van der Waals surface area contributed by atoms with E-state index in [1.54, 1.807) is 6.07 Å². The Morgan fingerprint density at radius 1 is 0.562 bits per heavy atom. The van der Waals surface area contributed by atoms with Gasteiger partial charge in [0.2, 0.25) is 0 Å². The maximum Gasteiger partial charge on any atom is 0.189 e. The van der Waals surface area contributed by atoms with Crippen LogP contribution in [0.2, 0.25) is 0 Å². The summed E-state index contributed by atoms with van der Waals surface area (Å²) in [6.45, 7) is 0. The number of hydrogen-bond donors (Lipinski definition) is 0. The largest absolute Gasteiger partial charge is 0.453 e. The molecule has 48 heavy (non-hydrogen) atoms. The van der Waals surface area contributed by atoms with Crippen molar-refractivity contribution in [3.63, 3.8) is 0 Å². The van der Waals surface area contributed by atoms with Gasteiger partial charge in [-0.3, -0.25) is 0 Å². The van der Waals surface area contributed by atoms with Gasteiger partial charge in [-0.25, -0.2) is 8.42 Å². The second-order valence-electron chi connectivity index (χ2n) is 12.9. The number of allylic oxidation sites excluding steroid dienone is 2. The fourth-order valence-corrected chi connectivity index (χ4v) is 9.85. The highest BCUT2D eigenvalue weighted by Crippen LogP contribution is 2.51. The summed E-state index contributed by atoms with van der Waals surface area (Å²) in [7, 11) is -3.50. The number of anilines is 5. The first-order valence-corrected chi connectivity index (χ1v) is 17.9. The third-order valence-corrected chi connectivity index (χ3v) is 12.3. The summed E-state index contributed by atoms with van der Waals surface area (Å²) in [4.78, 5) is 4.88. The molecule has 6 aromatic rings. The molecule has 5 nitrogen and oxygen atoms in total. The van der Waals surface area contributed by atoms with E-state index in [0.29, 0.717) is 4.90 Å².